The standard InChI is InChI=1S/C11H18N2/c1-2-13(9-8-12)10-11-6-4-3-5-7-11/h3-7H,2,8-10,12H2,1H3. The lowest BCUT2D eigenvalue weighted by atomic mass is 10.2. The van der Waals surface area contributed by atoms with Gasteiger partial charge >= 0.3 is 0 Å². The number of rotatable bonds is 5. The Morgan fingerprint density at radius 1 is 1.23 bits per heavy atom. The molecule has 0 aliphatic carbocycles. The molecule has 72 valence electrons. The molecule has 0 spiro atoms. The summed E-state index contributed by atoms with van der Waals surface area (Å²) in [6.45, 7) is 5.95. The first kappa shape index (κ1) is 10.2. The average Bonchev–Trinajstić information content (AvgIpc) is 2.19. The Morgan fingerprint density at radius 3 is 2.46 bits per heavy atom. The smallest absolute Gasteiger partial charge is 0.0234 e. The summed E-state index contributed by atoms with van der Waals surface area (Å²) in [5.74, 6) is 0. The summed E-state index contributed by atoms with van der Waals surface area (Å²) in [7, 11) is 0. The summed E-state index contributed by atoms with van der Waals surface area (Å²) in [5.41, 5.74) is 6.88. The second-order valence-electron chi connectivity index (χ2n) is 3.14. The Kier molecular flexibility index (Phi) is 4.50. The van der Waals surface area contributed by atoms with Crippen molar-refractivity contribution in [3.05, 3.63) is 35.9 Å². The van der Waals surface area contributed by atoms with Crippen molar-refractivity contribution in [1.29, 1.82) is 0 Å². The highest BCUT2D eigenvalue weighted by Gasteiger charge is 2.00. The lowest BCUT2D eigenvalue weighted by Crippen LogP contribution is -2.28. The van der Waals surface area contributed by atoms with Crippen molar-refractivity contribution < 1.29 is 0 Å². The van der Waals surface area contributed by atoms with Crippen LogP contribution in [0.15, 0.2) is 30.3 Å². The number of hydrogen-bond acceptors (Lipinski definition) is 2. The van der Waals surface area contributed by atoms with Crippen LogP contribution in [0.4, 0.5) is 0 Å². The van der Waals surface area contributed by atoms with E-state index < -0.39 is 0 Å². The van der Waals surface area contributed by atoms with Gasteiger partial charge in [-0.1, -0.05) is 37.3 Å². The summed E-state index contributed by atoms with van der Waals surface area (Å²) in [4.78, 5) is 2.34. The van der Waals surface area contributed by atoms with Gasteiger partial charge in [-0.05, 0) is 12.1 Å². The lowest BCUT2D eigenvalue weighted by Gasteiger charge is -2.19. The molecular formula is C11H18N2. The van der Waals surface area contributed by atoms with E-state index in [0.717, 1.165) is 26.2 Å². The van der Waals surface area contributed by atoms with Gasteiger partial charge in [0.15, 0.2) is 0 Å². The van der Waals surface area contributed by atoms with Gasteiger partial charge < -0.3 is 5.73 Å². The molecule has 0 unspecified atom stereocenters. The van der Waals surface area contributed by atoms with Gasteiger partial charge in [-0.25, -0.2) is 0 Å². The van der Waals surface area contributed by atoms with Crippen LogP contribution in [-0.2, 0) is 6.54 Å². The van der Waals surface area contributed by atoms with E-state index in [2.05, 4.69) is 36.1 Å². The zero-order chi connectivity index (χ0) is 9.52. The maximum Gasteiger partial charge on any atom is 0.0234 e. The molecule has 1 aromatic carbocycles. The van der Waals surface area contributed by atoms with Crippen LogP contribution in [0.3, 0.4) is 0 Å². The van der Waals surface area contributed by atoms with Gasteiger partial charge in [-0.15, -0.1) is 0 Å². The Morgan fingerprint density at radius 2 is 1.92 bits per heavy atom. The number of nitrogens with zero attached hydrogens (tertiary/aromatic N) is 1. The van der Waals surface area contributed by atoms with Crippen LogP contribution >= 0.6 is 0 Å². The van der Waals surface area contributed by atoms with Crippen molar-refractivity contribution >= 4 is 0 Å². The largest absolute Gasteiger partial charge is 0.329 e. The molecule has 1 rings (SSSR count). The van der Waals surface area contributed by atoms with E-state index >= 15 is 0 Å². The molecule has 0 aromatic heterocycles. The molecule has 2 nitrogen and oxygen atoms in total. The fourth-order valence-electron chi connectivity index (χ4n) is 1.37. The minimum absolute atomic E-state index is 0.737. The van der Waals surface area contributed by atoms with E-state index in [1.807, 2.05) is 6.07 Å². The first-order chi connectivity index (χ1) is 6.36. The van der Waals surface area contributed by atoms with E-state index in [1.54, 1.807) is 0 Å². The summed E-state index contributed by atoms with van der Waals surface area (Å²) in [5, 5.41) is 0. The van der Waals surface area contributed by atoms with Crippen LogP contribution < -0.4 is 5.73 Å². The predicted molar refractivity (Wildman–Crippen MR) is 56.4 cm³/mol. The molecule has 0 saturated carbocycles. The monoisotopic (exact) mass is 178 g/mol. The highest BCUT2D eigenvalue weighted by molar-refractivity contribution is 5.14. The maximum absolute atomic E-state index is 5.52. The van der Waals surface area contributed by atoms with Crippen molar-refractivity contribution in [3.8, 4) is 0 Å². The number of benzene rings is 1. The Bertz CT molecular complexity index is 221. The third kappa shape index (κ3) is 3.57. The molecule has 0 aliphatic heterocycles. The molecule has 0 amide bonds. The van der Waals surface area contributed by atoms with E-state index in [1.165, 1.54) is 5.56 Å². The molecule has 0 saturated heterocycles. The van der Waals surface area contributed by atoms with Gasteiger partial charge in [0.05, 0.1) is 0 Å². The first-order valence-corrected chi connectivity index (χ1v) is 4.83. The van der Waals surface area contributed by atoms with Gasteiger partial charge in [0.25, 0.3) is 0 Å². The molecule has 0 aliphatic rings. The van der Waals surface area contributed by atoms with Crippen molar-refractivity contribution in [2.75, 3.05) is 19.6 Å². The molecule has 0 fully saturated rings. The number of hydrogen-bond donors (Lipinski definition) is 1. The second-order valence-corrected chi connectivity index (χ2v) is 3.14. The quantitative estimate of drug-likeness (QED) is 0.739. The van der Waals surface area contributed by atoms with Gasteiger partial charge in [-0.2, -0.15) is 0 Å². The summed E-state index contributed by atoms with van der Waals surface area (Å²) in [6.07, 6.45) is 0. The molecule has 2 heteroatoms. The first-order valence-electron chi connectivity index (χ1n) is 4.83. The van der Waals surface area contributed by atoms with Crippen molar-refractivity contribution in [3.63, 3.8) is 0 Å². The zero-order valence-electron chi connectivity index (χ0n) is 8.24. The maximum atomic E-state index is 5.52. The highest BCUT2D eigenvalue weighted by Crippen LogP contribution is 2.02. The molecule has 1 aromatic rings. The Balaban J connectivity index is 2.46. The normalized spacial score (nSPS) is 10.7. The SMILES string of the molecule is CCN(CCN)Cc1ccccc1. The molecule has 0 heterocycles. The topological polar surface area (TPSA) is 29.3 Å². The lowest BCUT2D eigenvalue weighted by molar-refractivity contribution is 0.288. The van der Waals surface area contributed by atoms with Crippen LogP contribution in [0.25, 0.3) is 0 Å². The summed E-state index contributed by atoms with van der Waals surface area (Å²) < 4.78 is 0. The zero-order valence-corrected chi connectivity index (χ0v) is 8.24. The van der Waals surface area contributed by atoms with Crippen LogP contribution in [-0.4, -0.2) is 24.5 Å². The van der Waals surface area contributed by atoms with Crippen molar-refractivity contribution in [2.45, 2.75) is 13.5 Å². The minimum atomic E-state index is 0.737. The van der Waals surface area contributed by atoms with Gasteiger partial charge in [0.1, 0.15) is 0 Å². The molecular weight excluding hydrogens is 160 g/mol. The van der Waals surface area contributed by atoms with E-state index in [0.29, 0.717) is 0 Å². The van der Waals surface area contributed by atoms with Crippen molar-refractivity contribution in [1.82, 2.24) is 4.90 Å². The van der Waals surface area contributed by atoms with E-state index in [-0.39, 0.29) is 0 Å². The van der Waals surface area contributed by atoms with Crippen LogP contribution in [0, 0.1) is 0 Å². The van der Waals surface area contributed by atoms with E-state index in [4.69, 9.17) is 5.73 Å². The molecule has 0 bridgehead atoms. The summed E-state index contributed by atoms with van der Waals surface area (Å²) >= 11 is 0. The van der Waals surface area contributed by atoms with Crippen LogP contribution in [0.1, 0.15) is 12.5 Å². The van der Waals surface area contributed by atoms with Gasteiger partial charge in [-0.3, -0.25) is 4.90 Å². The van der Waals surface area contributed by atoms with Crippen molar-refractivity contribution in [2.24, 2.45) is 5.73 Å². The molecule has 13 heavy (non-hydrogen) atoms. The number of nitrogens with two attached hydrogens (primary N) is 1. The minimum Gasteiger partial charge on any atom is -0.329 e. The highest BCUT2D eigenvalue weighted by atomic mass is 15.1. The average molecular weight is 178 g/mol. The number of likely N-dealkylation sites (N-methyl/N-ethyl adjacent to an activating group) is 1. The van der Waals surface area contributed by atoms with Crippen LogP contribution in [0.2, 0.25) is 0 Å². The fourth-order valence-corrected chi connectivity index (χ4v) is 1.37. The van der Waals surface area contributed by atoms with Gasteiger partial charge in [0.2, 0.25) is 0 Å². The molecule has 0 radical (unpaired) electrons. The Labute approximate surface area is 80.4 Å². The Hall–Kier alpha value is -0.860. The second kappa shape index (κ2) is 5.73. The van der Waals surface area contributed by atoms with E-state index in [9.17, 15) is 0 Å². The molecule has 0 atom stereocenters. The van der Waals surface area contributed by atoms with Crippen LogP contribution in [0.5, 0.6) is 0 Å². The predicted octanol–water partition coefficient (Wildman–Crippen LogP) is 1.47. The third-order valence-corrected chi connectivity index (χ3v) is 2.14. The summed E-state index contributed by atoms with van der Waals surface area (Å²) in [6, 6.07) is 10.5. The fraction of sp³-hybridized carbons (Fsp3) is 0.455. The molecule has 2 N–H and O–H groups in total. The third-order valence-electron chi connectivity index (χ3n) is 2.14. The van der Waals surface area contributed by atoms with Gasteiger partial charge in [0, 0.05) is 19.6 Å².